The van der Waals surface area contributed by atoms with Gasteiger partial charge in [0.25, 0.3) is 11.8 Å². The zero-order valence-electron chi connectivity index (χ0n) is 32.4. The maximum absolute atomic E-state index is 13.3. The third-order valence-electron chi connectivity index (χ3n) is 12.0. The third-order valence-corrected chi connectivity index (χ3v) is 12.0. The lowest BCUT2D eigenvalue weighted by Gasteiger charge is -2.35. The molecule has 6 rings (SSSR count). The first kappa shape index (κ1) is 37.5. The second-order valence-corrected chi connectivity index (χ2v) is 18.3. The lowest BCUT2D eigenvalue weighted by molar-refractivity contribution is -0.147. The van der Waals surface area contributed by atoms with Gasteiger partial charge in [0.05, 0.1) is 23.5 Å². The van der Waals surface area contributed by atoms with Crippen LogP contribution in [-0.4, -0.2) is 53.2 Å². The number of aliphatic hydroxyl groups is 2. The molecule has 2 aromatic carbocycles. The number of carbonyl (C=O) groups excluding carboxylic acids is 2. The highest BCUT2D eigenvalue weighted by Crippen LogP contribution is 2.55. The maximum Gasteiger partial charge on any atom is 0.252 e. The molecule has 0 bridgehead atoms. The molecule has 6 N–H and O–H groups in total. The normalized spacial score (nSPS) is 19.8. The molecule has 0 spiro atoms. The van der Waals surface area contributed by atoms with E-state index in [9.17, 15) is 19.8 Å². The Hall–Kier alpha value is -4.28. The Morgan fingerprint density at radius 2 is 0.885 bits per heavy atom. The highest BCUT2D eigenvalue weighted by molar-refractivity contribution is 5.87. The monoisotopic (exact) mass is 708 g/mol. The van der Waals surface area contributed by atoms with E-state index in [0.29, 0.717) is 11.6 Å². The number of aromatic nitrogens is 4. The van der Waals surface area contributed by atoms with Crippen LogP contribution >= 0.6 is 0 Å². The maximum atomic E-state index is 13.3. The Labute approximate surface area is 307 Å². The molecule has 3 unspecified atom stereocenters. The molecule has 278 valence electrons. The van der Waals surface area contributed by atoms with Crippen LogP contribution in [0.25, 0.3) is 33.6 Å². The molecular formula is C42H56N6O4. The molecule has 2 aliphatic carbocycles. The number of hydrogen-bond acceptors (Lipinski definition) is 6. The van der Waals surface area contributed by atoms with Crippen molar-refractivity contribution in [3.63, 3.8) is 0 Å². The molecule has 2 aromatic heterocycles. The molecule has 0 aliphatic heterocycles. The molecular weight excluding hydrogens is 652 g/mol. The van der Waals surface area contributed by atoms with Crippen LogP contribution in [-0.2, 0) is 9.59 Å². The van der Waals surface area contributed by atoms with Gasteiger partial charge in [0.1, 0.15) is 22.9 Å². The number of benzene rings is 2. The standard InChI is InChI=1S/C42H56N6O4/c1-37(2,3)31(47-35(49)41(9,51)39(7)19-20-39)33-43-23-29(45-33)27-15-11-25(12-16-27)26-13-17-28(18-14-26)30-24-44-34(46-30)32(38(4,5)6)48-36(50)42(10,52)40(8)21-22-40/h11-18,23-24,31-32,51-52H,19-22H2,1-10H3,(H,43,45)(H,44,46)(H,47,49)(H,48,50)/t31-,32?,41?,42?/m1/s1. The smallest absolute Gasteiger partial charge is 0.252 e. The number of H-pyrrole nitrogens is 2. The molecule has 2 aliphatic rings. The van der Waals surface area contributed by atoms with Crippen molar-refractivity contribution in [2.45, 2.75) is 118 Å². The number of nitrogens with one attached hydrogen (secondary N) is 4. The average molecular weight is 709 g/mol. The second kappa shape index (κ2) is 12.7. The van der Waals surface area contributed by atoms with E-state index in [4.69, 9.17) is 9.97 Å². The zero-order chi connectivity index (χ0) is 38.1. The van der Waals surface area contributed by atoms with Gasteiger partial charge in [-0.3, -0.25) is 9.59 Å². The summed E-state index contributed by atoms with van der Waals surface area (Å²) in [7, 11) is 0. The number of rotatable bonds is 11. The topological polar surface area (TPSA) is 156 Å². The quantitative estimate of drug-likeness (QED) is 0.0941. The first-order valence-corrected chi connectivity index (χ1v) is 18.4. The largest absolute Gasteiger partial charge is 0.380 e. The van der Waals surface area contributed by atoms with Gasteiger partial charge in [-0.2, -0.15) is 0 Å². The summed E-state index contributed by atoms with van der Waals surface area (Å²) in [5.41, 5.74) is 1.13. The van der Waals surface area contributed by atoms with Crippen LogP contribution in [0.1, 0.15) is 119 Å². The summed E-state index contributed by atoms with van der Waals surface area (Å²) in [5.74, 6) is 0.536. The summed E-state index contributed by atoms with van der Waals surface area (Å²) in [6, 6.07) is 15.6. The summed E-state index contributed by atoms with van der Waals surface area (Å²) in [5, 5.41) is 28.3. The van der Waals surface area contributed by atoms with Gasteiger partial charge < -0.3 is 30.8 Å². The fraction of sp³-hybridized carbons (Fsp3) is 0.524. The van der Waals surface area contributed by atoms with Gasteiger partial charge in [-0.1, -0.05) is 104 Å². The molecule has 2 fully saturated rings. The van der Waals surface area contributed by atoms with E-state index in [2.05, 4.69) is 44.9 Å². The fourth-order valence-electron chi connectivity index (χ4n) is 6.76. The van der Waals surface area contributed by atoms with Gasteiger partial charge in [-0.05, 0) is 61.5 Å². The van der Waals surface area contributed by atoms with E-state index in [0.717, 1.165) is 59.3 Å². The van der Waals surface area contributed by atoms with Crippen LogP contribution in [0.2, 0.25) is 0 Å². The minimum absolute atomic E-state index is 0.348. The predicted molar refractivity (Wildman–Crippen MR) is 204 cm³/mol. The van der Waals surface area contributed by atoms with Crippen molar-refractivity contribution in [2.75, 3.05) is 0 Å². The predicted octanol–water partition coefficient (Wildman–Crippen LogP) is 7.64. The van der Waals surface area contributed by atoms with Crippen LogP contribution in [0.3, 0.4) is 0 Å². The minimum atomic E-state index is -1.45. The molecule has 2 heterocycles. The number of hydrogen-bond donors (Lipinski definition) is 6. The highest BCUT2D eigenvalue weighted by atomic mass is 16.3. The highest BCUT2D eigenvalue weighted by Gasteiger charge is 2.58. The van der Waals surface area contributed by atoms with Crippen molar-refractivity contribution >= 4 is 11.8 Å². The number of imidazole rings is 2. The van der Waals surface area contributed by atoms with Crippen LogP contribution in [0.5, 0.6) is 0 Å². The number of carbonyl (C=O) groups is 2. The van der Waals surface area contributed by atoms with Crippen LogP contribution in [0.15, 0.2) is 60.9 Å². The SMILES string of the molecule is CC(C)(C)C(NC(=O)C(C)(O)C1(C)CC1)c1nc(-c2ccc(-c3ccc(-c4c[nH]c([C@@H](NC(=O)C(C)(O)C5(C)CC5)C(C)(C)C)n4)cc3)cc2)c[nH]1. The second-order valence-electron chi connectivity index (χ2n) is 18.3. The zero-order valence-corrected chi connectivity index (χ0v) is 32.4. The lowest BCUT2D eigenvalue weighted by atomic mass is 9.83. The molecule has 0 saturated heterocycles. The van der Waals surface area contributed by atoms with E-state index >= 15 is 0 Å². The Kier molecular flexibility index (Phi) is 9.15. The van der Waals surface area contributed by atoms with Gasteiger partial charge >= 0.3 is 0 Å². The molecule has 10 nitrogen and oxygen atoms in total. The van der Waals surface area contributed by atoms with Crippen LogP contribution in [0.4, 0.5) is 0 Å². The minimum Gasteiger partial charge on any atom is -0.380 e. The van der Waals surface area contributed by atoms with Crippen molar-refractivity contribution in [3.8, 4) is 33.6 Å². The van der Waals surface area contributed by atoms with Gasteiger partial charge in [0.15, 0.2) is 0 Å². The molecule has 0 radical (unpaired) electrons. The fourth-order valence-corrected chi connectivity index (χ4v) is 6.76. The number of nitrogens with zero attached hydrogens (tertiary/aromatic N) is 2. The number of aromatic amines is 2. The van der Waals surface area contributed by atoms with Gasteiger partial charge in [0, 0.05) is 34.4 Å². The van der Waals surface area contributed by atoms with E-state index in [1.165, 1.54) is 0 Å². The van der Waals surface area contributed by atoms with E-state index < -0.39 is 34.1 Å². The summed E-state index contributed by atoms with van der Waals surface area (Å²) in [6.07, 6.45) is 7.03. The van der Waals surface area contributed by atoms with Crippen molar-refractivity contribution in [1.82, 2.24) is 30.6 Å². The number of amides is 2. The van der Waals surface area contributed by atoms with Crippen molar-refractivity contribution < 1.29 is 19.8 Å². The van der Waals surface area contributed by atoms with E-state index in [-0.39, 0.29) is 22.6 Å². The molecule has 4 aromatic rings. The van der Waals surface area contributed by atoms with Gasteiger partial charge in [-0.15, -0.1) is 0 Å². The first-order valence-electron chi connectivity index (χ1n) is 18.4. The van der Waals surface area contributed by atoms with Crippen LogP contribution in [0, 0.1) is 21.7 Å². The third kappa shape index (κ3) is 7.07. The molecule has 10 heteroatoms. The Morgan fingerprint density at radius 3 is 1.15 bits per heavy atom. The Balaban J connectivity index is 1.14. The van der Waals surface area contributed by atoms with Crippen molar-refractivity contribution in [2.24, 2.45) is 21.7 Å². The van der Waals surface area contributed by atoms with Crippen LogP contribution < -0.4 is 10.6 Å². The van der Waals surface area contributed by atoms with Crippen molar-refractivity contribution in [3.05, 3.63) is 72.6 Å². The summed E-state index contributed by atoms with van der Waals surface area (Å²) >= 11 is 0. The molecule has 4 atom stereocenters. The lowest BCUT2D eigenvalue weighted by Crippen LogP contribution is -2.52. The van der Waals surface area contributed by atoms with Gasteiger partial charge in [0.2, 0.25) is 0 Å². The molecule has 52 heavy (non-hydrogen) atoms. The Morgan fingerprint density at radius 1 is 0.596 bits per heavy atom. The van der Waals surface area contributed by atoms with E-state index in [1.54, 1.807) is 13.8 Å². The molecule has 2 saturated carbocycles. The molecule has 2 amide bonds. The van der Waals surface area contributed by atoms with E-state index in [1.807, 2.05) is 92.0 Å². The summed E-state index contributed by atoms with van der Waals surface area (Å²) in [6.45, 7) is 19.4. The van der Waals surface area contributed by atoms with Gasteiger partial charge in [-0.25, -0.2) is 9.97 Å². The summed E-state index contributed by atoms with van der Waals surface area (Å²) in [4.78, 5) is 42.9. The Bertz CT molecular complexity index is 1790. The average Bonchev–Trinajstić information content (AvgIpc) is 3.88. The summed E-state index contributed by atoms with van der Waals surface area (Å²) < 4.78 is 0. The first-order chi connectivity index (χ1) is 24.1. The van der Waals surface area contributed by atoms with Crippen molar-refractivity contribution in [1.29, 1.82) is 0 Å².